The van der Waals surface area contributed by atoms with Crippen molar-refractivity contribution in [3.8, 4) is 0 Å². The summed E-state index contributed by atoms with van der Waals surface area (Å²) in [5.41, 5.74) is 1.41. The molecule has 0 saturated carbocycles. The standard InChI is InChI=1S/C19H16N6O3/c1-24-16-15(17(26)25(2)19(24)28)22-13-9-8-12(10-14(13)23-16)21-18(27)20-11-6-4-3-5-7-11/h3-10H,1-2H3,(H2,20,21,27). The number of para-hydroxylation sites is 1. The monoisotopic (exact) mass is 376 g/mol. The molecule has 0 atom stereocenters. The maximum absolute atomic E-state index is 12.3. The van der Waals surface area contributed by atoms with E-state index in [2.05, 4.69) is 20.6 Å². The van der Waals surface area contributed by atoms with Crippen LogP contribution in [0.1, 0.15) is 0 Å². The molecule has 0 bridgehead atoms. The molecule has 2 heterocycles. The number of rotatable bonds is 2. The number of carbonyl (C=O) groups excluding carboxylic acids is 1. The van der Waals surface area contributed by atoms with Gasteiger partial charge in [-0.3, -0.25) is 13.9 Å². The first kappa shape index (κ1) is 17.4. The topological polar surface area (TPSA) is 111 Å². The second-order valence-electron chi connectivity index (χ2n) is 6.25. The van der Waals surface area contributed by atoms with Gasteiger partial charge in [0, 0.05) is 25.5 Å². The third kappa shape index (κ3) is 2.98. The van der Waals surface area contributed by atoms with E-state index in [0.29, 0.717) is 22.4 Å². The number of nitrogens with one attached hydrogen (secondary N) is 2. The first-order chi connectivity index (χ1) is 13.4. The fourth-order valence-electron chi connectivity index (χ4n) is 2.88. The Morgan fingerprint density at radius 1 is 0.857 bits per heavy atom. The summed E-state index contributed by atoms with van der Waals surface area (Å²) in [5, 5.41) is 5.45. The second kappa shape index (κ2) is 6.62. The summed E-state index contributed by atoms with van der Waals surface area (Å²) in [4.78, 5) is 45.3. The summed E-state index contributed by atoms with van der Waals surface area (Å²) in [6.45, 7) is 0. The van der Waals surface area contributed by atoms with Crippen LogP contribution in [-0.4, -0.2) is 25.1 Å². The van der Waals surface area contributed by atoms with Gasteiger partial charge in [0.2, 0.25) is 0 Å². The van der Waals surface area contributed by atoms with Gasteiger partial charge in [0.05, 0.1) is 11.0 Å². The van der Waals surface area contributed by atoms with Crippen LogP contribution in [0.4, 0.5) is 16.2 Å². The number of aryl methyl sites for hydroxylation is 1. The van der Waals surface area contributed by atoms with Crippen molar-refractivity contribution in [2.75, 3.05) is 10.6 Å². The number of aromatic nitrogens is 4. The van der Waals surface area contributed by atoms with Crippen LogP contribution in [0.3, 0.4) is 0 Å². The van der Waals surface area contributed by atoms with Gasteiger partial charge < -0.3 is 10.6 Å². The van der Waals surface area contributed by atoms with Crippen LogP contribution < -0.4 is 21.9 Å². The van der Waals surface area contributed by atoms with E-state index in [1.54, 1.807) is 30.3 Å². The van der Waals surface area contributed by atoms with Crippen molar-refractivity contribution in [3.05, 3.63) is 69.4 Å². The van der Waals surface area contributed by atoms with E-state index in [0.717, 1.165) is 4.57 Å². The molecule has 0 fully saturated rings. The van der Waals surface area contributed by atoms with Gasteiger partial charge in [-0.25, -0.2) is 19.6 Å². The molecule has 0 unspecified atom stereocenters. The molecule has 0 saturated heterocycles. The average Bonchev–Trinajstić information content (AvgIpc) is 2.70. The van der Waals surface area contributed by atoms with Crippen LogP contribution in [0, 0.1) is 0 Å². The summed E-state index contributed by atoms with van der Waals surface area (Å²) in [5.74, 6) is 0. The Morgan fingerprint density at radius 3 is 2.32 bits per heavy atom. The minimum absolute atomic E-state index is 0.111. The fourth-order valence-corrected chi connectivity index (χ4v) is 2.88. The van der Waals surface area contributed by atoms with Crippen LogP contribution >= 0.6 is 0 Å². The molecule has 9 heteroatoms. The highest BCUT2D eigenvalue weighted by Crippen LogP contribution is 2.18. The number of hydrogen-bond acceptors (Lipinski definition) is 5. The highest BCUT2D eigenvalue weighted by atomic mass is 16.2. The number of fused-ring (bicyclic) bond motifs is 2. The maximum atomic E-state index is 12.3. The Labute approximate surface area is 158 Å². The van der Waals surface area contributed by atoms with Crippen molar-refractivity contribution < 1.29 is 4.79 Å². The SMILES string of the molecule is Cn1c(=O)c2nc3ccc(NC(=O)Nc4ccccc4)cc3nc2n(C)c1=O. The van der Waals surface area contributed by atoms with Crippen molar-refractivity contribution in [1.82, 2.24) is 19.1 Å². The first-order valence-corrected chi connectivity index (χ1v) is 8.44. The Balaban J connectivity index is 1.72. The van der Waals surface area contributed by atoms with Crippen molar-refractivity contribution in [1.29, 1.82) is 0 Å². The van der Waals surface area contributed by atoms with Crippen LogP contribution in [0.2, 0.25) is 0 Å². The predicted molar refractivity (Wildman–Crippen MR) is 107 cm³/mol. The minimum Gasteiger partial charge on any atom is -0.308 e. The summed E-state index contributed by atoms with van der Waals surface area (Å²) < 4.78 is 2.26. The highest BCUT2D eigenvalue weighted by molar-refractivity contribution is 6.01. The normalized spacial score (nSPS) is 10.9. The molecule has 2 N–H and O–H groups in total. The smallest absolute Gasteiger partial charge is 0.308 e. The van der Waals surface area contributed by atoms with E-state index in [-0.39, 0.29) is 11.2 Å². The number of anilines is 2. The molecule has 0 aliphatic heterocycles. The number of nitrogens with zero attached hydrogens (tertiary/aromatic N) is 4. The maximum Gasteiger partial charge on any atom is 0.332 e. The first-order valence-electron chi connectivity index (χ1n) is 8.44. The molecule has 0 spiro atoms. The molecule has 2 aromatic heterocycles. The zero-order valence-electron chi connectivity index (χ0n) is 15.1. The number of hydrogen-bond donors (Lipinski definition) is 2. The van der Waals surface area contributed by atoms with Crippen molar-refractivity contribution >= 4 is 39.6 Å². The van der Waals surface area contributed by atoms with Crippen LogP contribution in [0.15, 0.2) is 58.1 Å². The molecule has 0 radical (unpaired) electrons. The van der Waals surface area contributed by atoms with E-state index < -0.39 is 17.3 Å². The summed E-state index contributed by atoms with van der Waals surface area (Å²) in [7, 11) is 2.92. The molecule has 28 heavy (non-hydrogen) atoms. The van der Waals surface area contributed by atoms with Crippen LogP contribution in [0.5, 0.6) is 0 Å². The molecule has 0 aliphatic carbocycles. The number of urea groups is 1. The van der Waals surface area contributed by atoms with Gasteiger partial charge in [-0.2, -0.15) is 0 Å². The molecule has 4 aromatic rings. The lowest BCUT2D eigenvalue weighted by Gasteiger charge is -2.10. The third-order valence-corrected chi connectivity index (χ3v) is 4.33. The van der Waals surface area contributed by atoms with Gasteiger partial charge in [-0.15, -0.1) is 0 Å². The molecule has 0 aliphatic rings. The molecule has 140 valence electrons. The van der Waals surface area contributed by atoms with Crippen LogP contribution in [-0.2, 0) is 14.1 Å². The largest absolute Gasteiger partial charge is 0.332 e. The van der Waals surface area contributed by atoms with Crippen LogP contribution in [0.25, 0.3) is 22.2 Å². The fraction of sp³-hybridized carbons (Fsp3) is 0.105. The lowest BCUT2D eigenvalue weighted by Crippen LogP contribution is -2.37. The van der Waals surface area contributed by atoms with Gasteiger partial charge in [0.15, 0.2) is 11.2 Å². The Hall–Kier alpha value is -4.01. The van der Waals surface area contributed by atoms with Crippen molar-refractivity contribution in [2.45, 2.75) is 0 Å². The number of amides is 2. The Bertz CT molecular complexity index is 1340. The Morgan fingerprint density at radius 2 is 1.57 bits per heavy atom. The molecule has 2 amide bonds. The number of benzene rings is 2. The van der Waals surface area contributed by atoms with Gasteiger partial charge in [-0.1, -0.05) is 18.2 Å². The van der Waals surface area contributed by atoms with E-state index in [9.17, 15) is 14.4 Å². The van der Waals surface area contributed by atoms with E-state index in [1.807, 2.05) is 18.2 Å². The lowest BCUT2D eigenvalue weighted by molar-refractivity contribution is 0.262. The van der Waals surface area contributed by atoms with Gasteiger partial charge in [0.25, 0.3) is 5.56 Å². The van der Waals surface area contributed by atoms with E-state index in [4.69, 9.17) is 0 Å². The van der Waals surface area contributed by atoms with Gasteiger partial charge in [-0.05, 0) is 30.3 Å². The molecular weight excluding hydrogens is 360 g/mol. The summed E-state index contributed by atoms with van der Waals surface area (Å²) in [6.07, 6.45) is 0. The molecule has 9 nitrogen and oxygen atoms in total. The van der Waals surface area contributed by atoms with Crippen molar-refractivity contribution in [2.24, 2.45) is 14.1 Å². The molecule has 4 rings (SSSR count). The number of carbonyl (C=O) groups is 1. The quantitative estimate of drug-likeness (QED) is 0.519. The minimum atomic E-state index is -0.503. The molecular formula is C19H16N6O3. The van der Waals surface area contributed by atoms with E-state index >= 15 is 0 Å². The Kier molecular flexibility index (Phi) is 4.11. The zero-order chi connectivity index (χ0) is 19.8. The highest BCUT2D eigenvalue weighted by Gasteiger charge is 2.13. The van der Waals surface area contributed by atoms with E-state index in [1.165, 1.54) is 18.7 Å². The predicted octanol–water partition coefficient (Wildman–Crippen LogP) is 1.82. The molecule has 2 aromatic carbocycles. The summed E-state index contributed by atoms with van der Waals surface area (Å²) >= 11 is 0. The second-order valence-corrected chi connectivity index (χ2v) is 6.25. The van der Waals surface area contributed by atoms with Crippen molar-refractivity contribution in [3.63, 3.8) is 0 Å². The third-order valence-electron chi connectivity index (χ3n) is 4.33. The van der Waals surface area contributed by atoms with Gasteiger partial charge >= 0.3 is 11.7 Å². The lowest BCUT2D eigenvalue weighted by atomic mass is 10.2. The van der Waals surface area contributed by atoms with Gasteiger partial charge in [0.1, 0.15) is 0 Å². The zero-order valence-corrected chi connectivity index (χ0v) is 15.1. The summed E-state index contributed by atoms with van der Waals surface area (Å²) in [6, 6.07) is 13.6. The average molecular weight is 376 g/mol.